The van der Waals surface area contributed by atoms with Crippen molar-refractivity contribution in [3.63, 3.8) is 0 Å². The van der Waals surface area contributed by atoms with Crippen LogP contribution in [-0.4, -0.2) is 56.1 Å². The topological polar surface area (TPSA) is 98.2 Å². The summed E-state index contributed by atoms with van der Waals surface area (Å²) in [5.41, 5.74) is -0.726. The lowest BCUT2D eigenvalue weighted by atomic mass is 10.2. The van der Waals surface area contributed by atoms with Gasteiger partial charge >= 0.3 is 12.2 Å². The summed E-state index contributed by atoms with van der Waals surface area (Å²) in [6.45, 7) is 10.3. The number of hydrogen-bond acceptors (Lipinski definition) is 6. The van der Waals surface area contributed by atoms with Crippen LogP contribution < -0.4 is 0 Å². The van der Waals surface area contributed by atoms with Gasteiger partial charge < -0.3 is 14.0 Å². The Hall–Kier alpha value is -2.85. The van der Waals surface area contributed by atoms with Crippen LogP contribution in [0.5, 0.6) is 0 Å². The molecule has 4 amide bonds. The number of nitrogens with zero attached hydrogens (tertiary/aromatic N) is 3. The van der Waals surface area contributed by atoms with Gasteiger partial charge in [-0.25, -0.2) is 19.4 Å². The Bertz CT molecular complexity index is 1190. The maximum absolute atomic E-state index is 13.7. The second-order valence-electron chi connectivity index (χ2n) is 10.3. The molecule has 0 N–H and O–H groups in total. The fourth-order valence-electron chi connectivity index (χ4n) is 3.51. The molecule has 9 nitrogen and oxygen atoms in total. The van der Waals surface area contributed by atoms with Crippen LogP contribution >= 0.6 is 27.5 Å². The van der Waals surface area contributed by atoms with Gasteiger partial charge in [0.25, 0.3) is 11.8 Å². The molecule has 0 aliphatic carbocycles. The summed E-state index contributed by atoms with van der Waals surface area (Å²) < 4.78 is 12.6. The maximum atomic E-state index is 13.7. The van der Waals surface area contributed by atoms with Crippen LogP contribution in [0.4, 0.5) is 9.59 Å². The number of carbonyl (C=O) groups is 4. The van der Waals surface area contributed by atoms with Gasteiger partial charge in [-0.05, 0) is 81.2 Å². The number of fused-ring (bicyclic) bond motifs is 1. The third-order valence-electron chi connectivity index (χ3n) is 4.99. The first-order valence-electron chi connectivity index (χ1n) is 11.3. The molecule has 1 aromatic carbocycles. The summed E-state index contributed by atoms with van der Waals surface area (Å²) in [5.74, 6) is -1.26. The van der Waals surface area contributed by atoms with E-state index in [2.05, 4.69) is 15.9 Å². The first-order valence-corrected chi connectivity index (χ1v) is 12.5. The molecule has 0 saturated carbocycles. The Morgan fingerprint density at radius 2 is 1.58 bits per heavy atom. The van der Waals surface area contributed by atoms with Gasteiger partial charge in [-0.1, -0.05) is 23.7 Å². The van der Waals surface area contributed by atoms with E-state index in [4.69, 9.17) is 21.1 Å². The van der Waals surface area contributed by atoms with Crippen molar-refractivity contribution >= 4 is 51.5 Å². The molecule has 0 saturated heterocycles. The number of aromatic nitrogens is 1. The highest BCUT2D eigenvalue weighted by Crippen LogP contribution is 2.29. The molecule has 1 aliphatic heterocycles. The van der Waals surface area contributed by atoms with Gasteiger partial charge in [-0.15, -0.1) is 0 Å². The number of amides is 4. The number of hydrogen-bond donors (Lipinski definition) is 0. The van der Waals surface area contributed by atoms with Crippen LogP contribution in [0.3, 0.4) is 0 Å². The van der Waals surface area contributed by atoms with Crippen molar-refractivity contribution in [1.82, 2.24) is 14.4 Å². The van der Waals surface area contributed by atoms with Gasteiger partial charge in [0.1, 0.15) is 22.6 Å². The lowest BCUT2D eigenvalue weighted by Crippen LogP contribution is -2.47. The SMILES string of the molecule is CC(C)(C)OC(=O)N1CCn2c(cc(Br)c2C(=O)N(Cc2ccc(Cl)cc2)C(=O)OC(C)(C)C)C1=O. The minimum absolute atomic E-state index is 0.00572. The van der Waals surface area contributed by atoms with Crippen LogP contribution in [0.15, 0.2) is 34.8 Å². The lowest BCUT2D eigenvalue weighted by Gasteiger charge is -2.30. The van der Waals surface area contributed by atoms with Crippen molar-refractivity contribution in [2.75, 3.05) is 6.54 Å². The molecule has 0 fully saturated rings. The van der Waals surface area contributed by atoms with E-state index in [0.717, 1.165) is 9.80 Å². The van der Waals surface area contributed by atoms with Crippen molar-refractivity contribution in [3.8, 4) is 0 Å². The van der Waals surface area contributed by atoms with E-state index >= 15 is 0 Å². The van der Waals surface area contributed by atoms with Crippen molar-refractivity contribution in [1.29, 1.82) is 0 Å². The lowest BCUT2D eigenvalue weighted by molar-refractivity contribution is 0.0213. The van der Waals surface area contributed by atoms with Gasteiger partial charge in [0.2, 0.25) is 0 Å². The van der Waals surface area contributed by atoms with Crippen molar-refractivity contribution in [3.05, 3.63) is 56.8 Å². The Morgan fingerprint density at radius 1 is 1.00 bits per heavy atom. The first kappa shape index (κ1) is 27.7. The highest BCUT2D eigenvalue weighted by atomic mass is 79.9. The standard InChI is InChI=1S/C25H29BrClN3O6/c1-24(2,3)35-22(33)29-12-11-28-18(20(29)31)13-17(26)19(28)21(32)30(23(34)36-25(4,5)6)14-15-7-9-16(27)10-8-15/h7-10,13H,11-12,14H2,1-6H3. The Balaban J connectivity index is 1.96. The van der Waals surface area contributed by atoms with Crippen LogP contribution in [0.25, 0.3) is 0 Å². The van der Waals surface area contributed by atoms with E-state index in [1.807, 2.05) is 0 Å². The zero-order valence-corrected chi connectivity index (χ0v) is 23.4. The van der Waals surface area contributed by atoms with Crippen molar-refractivity contribution in [2.45, 2.75) is 65.8 Å². The van der Waals surface area contributed by atoms with E-state index in [0.29, 0.717) is 15.1 Å². The maximum Gasteiger partial charge on any atom is 0.417 e. The number of carbonyl (C=O) groups excluding carboxylic acids is 4. The van der Waals surface area contributed by atoms with Gasteiger partial charge in [0, 0.05) is 16.0 Å². The average Bonchev–Trinajstić information content (AvgIpc) is 3.07. The largest absolute Gasteiger partial charge is 0.443 e. The van der Waals surface area contributed by atoms with Crippen LogP contribution in [-0.2, 0) is 22.6 Å². The van der Waals surface area contributed by atoms with Crippen LogP contribution in [0.2, 0.25) is 5.02 Å². The van der Waals surface area contributed by atoms with Gasteiger partial charge in [0.05, 0.1) is 13.1 Å². The first-order chi connectivity index (χ1) is 16.6. The molecule has 1 aromatic heterocycles. The minimum atomic E-state index is -0.838. The minimum Gasteiger partial charge on any atom is -0.443 e. The number of rotatable bonds is 3. The molecule has 0 spiro atoms. The monoisotopic (exact) mass is 581 g/mol. The van der Waals surface area contributed by atoms with Crippen LogP contribution in [0.1, 0.15) is 68.1 Å². The normalized spacial score (nSPS) is 13.8. The average molecular weight is 583 g/mol. The van der Waals surface area contributed by atoms with Gasteiger partial charge in [-0.3, -0.25) is 9.59 Å². The van der Waals surface area contributed by atoms with E-state index < -0.39 is 35.2 Å². The summed E-state index contributed by atoms with van der Waals surface area (Å²) in [6, 6.07) is 8.19. The molecule has 2 aromatic rings. The van der Waals surface area contributed by atoms with Gasteiger partial charge in [0.15, 0.2) is 0 Å². The van der Waals surface area contributed by atoms with E-state index in [9.17, 15) is 19.2 Å². The van der Waals surface area contributed by atoms with E-state index in [1.165, 1.54) is 10.6 Å². The molecule has 194 valence electrons. The zero-order chi connectivity index (χ0) is 27.0. The molecule has 0 atom stereocenters. The fraction of sp³-hybridized carbons (Fsp3) is 0.440. The highest BCUT2D eigenvalue weighted by Gasteiger charge is 2.38. The predicted molar refractivity (Wildman–Crippen MR) is 137 cm³/mol. The molecule has 1 aliphatic rings. The predicted octanol–water partition coefficient (Wildman–Crippen LogP) is 5.87. The zero-order valence-electron chi connectivity index (χ0n) is 21.1. The number of halogens is 2. The van der Waals surface area contributed by atoms with Gasteiger partial charge in [-0.2, -0.15) is 0 Å². The molecule has 0 bridgehead atoms. The summed E-state index contributed by atoms with van der Waals surface area (Å²) in [5, 5.41) is 0.519. The molecular weight excluding hydrogens is 554 g/mol. The third kappa shape index (κ3) is 6.47. The summed E-state index contributed by atoms with van der Waals surface area (Å²) in [4.78, 5) is 54.4. The number of imide groups is 2. The van der Waals surface area contributed by atoms with E-state index in [-0.39, 0.29) is 31.0 Å². The number of benzene rings is 1. The summed E-state index contributed by atoms with van der Waals surface area (Å²) in [6.07, 6.45) is -1.59. The number of ether oxygens (including phenoxy) is 2. The highest BCUT2D eigenvalue weighted by molar-refractivity contribution is 9.10. The second-order valence-corrected chi connectivity index (χ2v) is 11.6. The smallest absolute Gasteiger partial charge is 0.417 e. The Kier molecular flexibility index (Phi) is 7.90. The molecule has 0 unspecified atom stereocenters. The van der Waals surface area contributed by atoms with E-state index in [1.54, 1.807) is 65.8 Å². The summed E-state index contributed by atoms with van der Waals surface area (Å²) >= 11 is 9.33. The molecular formula is C25H29BrClN3O6. The Morgan fingerprint density at radius 3 is 2.14 bits per heavy atom. The van der Waals surface area contributed by atoms with Crippen molar-refractivity contribution < 1.29 is 28.7 Å². The molecule has 36 heavy (non-hydrogen) atoms. The Labute approximate surface area is 223 Å². The summed E-state index contributed by atoms with van der Waals surface area (Å²) in [7, 11) is 0. The van der Waals surface area contributed by atoms with Crippen LogP contribution in [0, 0.1) is 0 Å². The molecule has 0 radical (unpaired) electrons. The molecule has 11 heteroatoms. The second kappa shape index (κ2) is 10.3. The quantitative estimate of drug-likeness (QED) is 0.449. The fourth-order valence-corrected chi connectivity index (χ4v) is 4.24. The molecule has 2 heterocycles. The molecule has 3 rings (SSSR count). The van der Waals surface area contributed by atoms with Crippen molar-refractivity contribution in [2.24, 2.45) is 0 Å². The third-order valence-corrected chi connectivity index (χ3v) is 5.85.